The van der Waals surface area contributed by atoms with Crippen LogP contribution in [-0.2, 0) is 20.7 Å². The Morgan fingerprint density at radius 2 is 1.92 bits per heavy atom. The first-order chi connectivity index (χ1) is 12.6. The van der Waals surface area contributed by atoms with E-state index in [9.17, 15) is 14.4 Å². The first kappa shape index (κ1) is 17.6. The number of ether oxygens (including phenoxy) is 1. The Bertz CT molecular complexity index is 785. The molecule has 26 heavy (non-hydrogen) atoms. The molecule has 9 heteroatoms. The smallest absolute Gasteiger partial charge is 0.306 e. The Labute approximate surface area is 149 Å². The Morgan fingerprint density at radius 1 is 1.15 bits per heavy atom. The average molecular weight is 358 g/mol. The minimum absolute atomic E-state index is 0.0238. The lowest BCUT2D eigenvalue weighted by Gasteiger charge is -2.07. The number of carbonyl (C=O) groups excluding carboxylic acids is 3. The van der Waals surface area contributed by atoms with Gasteiger partial charge in [0.05, 0.1) is 6.42 Å². The summed E-state index contributed by atoms with van der Waals surface area (Å²) in [6.07, 6.45) is 2.41. The van der Waals surface area contributed by atoms with Gasteiger partial charge in [0.2, 0.25) is 5.89 Å². The summed E-state index contributed by atoms with van der Waals surface area (Å²) in [7, 11) is 0. The van der Waals surface area contributed by atoms with Crippen LogP contribution in [0.1, 0.15) is 47.3 Å². The van der Waals surface area contributed by atoms with E-state index in [0.717, 1.165) is 12.8 Å². The summed E-state index contributed by atoms with van der Waals surface area (Å²) < 4.78 is 9.89. The van der Waals surface area contributed by atoms with Gasteiger partial charge in [0.1, 0.15) is 0 Å². The second-order valence-electron chi connectivity index (χ2n) is 5.85. The molecule has 0 unspecified atom stereocenters. The summed E-state index contributed by atoms with van der Waals surface area (Å²) in [5, 5.41) is 3.85. The minimum Gasteiger partial charge on any atom is -0.455 e. The molecule has 3 rings (SSSR count). The fraction of sp³-hybridized carbons (Fsp3) is 0.353. The number of amides is 2. The number of nitrogens with zero attached hydrogens (tertiary/aromatic N) is 2. The standard InChI is InChI=1S/C17H18N4O5/c22-13(19-20-17(24)12-4-2-1-3-5-12)10-25-15(23)9-8-14-18-16(21-26-14)11-6-7-11/h1-5,11H,6-10H2,(H,19,22)(H,20,24). The summed E-state index contributed by atoms with van der Waals surface area (Å²) in [4.78, 5) is 39.2. The Hall–Kier alpha value is -3.23. The number of carbonyl (C=O) groups is 3. The van der Waals surface area contributed by atoms with E-state index < -0.39 is 24.4 Å². The molecule has 2 aromatic rings. The Kier molecular flexibility index (Phi) is 5.57. The summed E-state index contributed by atoms with van der Waals surface area (Å²) in [5.41, 5.74) is 4.81. The van der Waals surface area contributed by atoms with Gasteiger partial charge in [-0.15, -0.1) is 0 Å². The largest absolute Gasteiger partial charge is 0.455 e. The minimum atomic E-state index is -0.642. The maximum Gasteiger partial charge on any atom is 0.306 e. The number of aryl methyl sites for hydroxylation is 1. The van der Waals surface area contributed by atoms with Gasteiger partial charge in [-0.2, -0.15) is 4.98 Å². The van der Waals surface area contributed by atoms with Crippen LogP contribution in [0.4, 0.5) is 0 Å². The van der Waals surface area contributed by atoms with Gasteiger partial charge in [0.15, 0.2) is 12.4 Å². The van der Waals surface area contributed by atoms with Crippen molar-refractivity contribution in [3.63, 3.8) is 0 Å². The number of hydrogen-bond donors (Lipinski definition) is 2. The number of rotatable bonds is 7. The van der Waals surface area contributed by atoms with Crippen molar-refractivity contribution >= 4 is 17.8 Å². The van der Waals surface area contributed by atoms with Crippen LogP contribution >= 0.6 is 0 Å². The summed E-state index contributed by atoms with van der Waals surface area (Å²) in [6, 6.07) is 8.39. The number of hydrogen-bond acceptors (Lipinski definition) is 7. The van der Waals surface area contributed by atoms with Crippen molar-refractivity contribution in [2.45, 2.75) is 31.6 Å². The molecule has 0 atom stereocenters. The van der Waals surface area contributed by atoms with Gasteiger partial charge < -0.3 is 9.26 Å². The van der Waals surface area contributed by atoms with Gasteiger partial charge in [-0.1, -0.05) is 23.4 Å². The van der Waals surface area contributed by atoms with E-state index in [0.29, 0.717) is 23.2 Å². The Balaban J connectivity index is 1.31. The fourth-order valence-corrected chi connectivity index (χ4v) is 2.13. The summed E-state index contributed by atoms with van der Waals surface area (Å²) in [6.45, 7) is -0.495. The molecule has 0 radical (unpaired) electrons. The van der Waals surface area contributed by atoms with Crippen molar-refractivity contribution in [1.29, 1.82) is 0 Å². The van der Waals surface area contributed by atoms with E-state index in [1.54, 1.807) is 30.3 Å². The van der Waals surface area contributed by atoms with Crippen LogP contribution in [0.3, 0.4) is 0 Å². The molecule has 1 saturated carbocycles. The molecule has 0 spiro atoms. The number of benzene rings is 1. The van der Waals surface area contributed by atoms with Crippen molar-refractivity contribution in [1.82, 2.24) is 21.0 Å². The quantitative estimate of drug-likeness (QED) is 0.556. The van der Waals surface area contributed by atoms with E-state index in [-0.39, 0.29) is 12.8 Å². The third kappa shape index (κ3) is 5.13. The number of esters is 1. The number of nitrogens with one attached hydrogen (secondary N) is 2. The molecule has 0 bridgehead atoms. The molecular weight excluding hydrogens is 340 g/mol. The number of hydrazine groups is 1. The average Bonchev–Trinajstić information content (AvgIpc) is 3.41. The lowest BCUT2D eigenvalue weighted by Crippen LogP contribution is -2.43. The normalized spacial score (nSPS) is 13.1. The van der Waals surface area contributed by atoms with Crippen LogP contribution < -0.4 is 10.9 Å². The van der Waals surface area contributed by atoms with E-state index >= 15 is 0 Å². The second kappa shape index (κ2) is 8.24. The first-order valence-electron chi connectivity index (χ1n) is 8.24. The van der Waals surface area contributed by atoms with Crippen LogP contribution in [0.2, 0.25) is 0 Å². The molecule has 1 aliphatic carbocycles. The number of aromatic nitrogens is 2. The van der Waals surface area contributed by atoms with Crippen LogP contribution in [0.25, 0.3) is 0 Å². The highest BCUT2D eigenvalue weighted by molar-refractivity contribution is 5.95. The highest BCUT2D eigenvalue weighted by Crippen LogP contribution is 2.38. The monoisotopic (exact) mass is 358 g/mol. The zero-order valence-corrected chi connectivity index (χ0v) is 13.9. The molecule has 1 heterocycles. The first-order valence-corrected chi connectivity index (χ1v) is 8.24. The lowest BCUT2D eigenvalue weighted by atomic mass is 10.2. The molecule has 0 saturated heterocycles. The topological polar surface area (TPSA) is 123 Å². The van der Waals surface area contributed by atoms with E-state index in [4.69, 9.17) is 9.26 Å². The molecule has 1 aromatic heterocycles. The van der Waals surface area contributed by atoms with Gasteiger partial charge in [0, 0.05) is 17.9 Å². The van der Waals surface area contributed by atoms with Gasteiger partial charge in [-0.05, 0) is 25.0 Å². The van der Waals surface area contributed by atoms with Crippen molar-refractivity contribution in [3.05, 3.63) is 47.6 Å². The highest BCUT2D eigenvalue weighted by atomic mass is 16.5. The molecule has 2 amide bonds. The van der Waals surface area contributed by atoms with Gasteiger partial charge in [0.25, 0.3) is 11.8 Å². The maximum atomic E-state index is 11.7. The third-order valence-electron chi connectivity index (χ3n) is 3.68. The van der Waals surface area contributed by atoms with Gasteiger partial charge in [-0.3, -0.25) is 25.2 Å². The van der Waals surface area contributed by atoms with E-state index in [1.165, 1.54) is 0 Å². The molecule has 1 fully saturated rings. The Morgan fingerprint density at radius 3 is 2.65 bits per heavy atom. The van der Waals surface area contributed by atoms with Crippen molar-refractivity contribution in [3.8, 4) is 0 Å². The SMILES string of the molecule is O=C(COC(=O)CCc1nc(C2CC2)no1)NNC(=O)c1ccccc1. The molecule has 9 nitrogen and oxygen atoms in total. The fourth-order valence-electron chi connectivity index (χ4n) is 2.13. The molecule has 2 N–H and O–H groups in total. The highest BCUT2D eigenvalue weighted by Gasteiger charge is 2.28. The zero-order valence-electron chi connectivity index (χ0n) is 13.9. The molecule has 1 aliphatic rings. The van der Waals surface area contributed by atoms with Crippen LogP contribution in [-0.4, -0.2) is 34.5 Å². The molecule has 136 valence electrons. The van der Waals surface area contributed by atoms with Crippen LogP contribution in [0, 0.1) is 0 Å². The van der Waals surface area contributed by atoms with Crippen molar-refractivity contribution < 1.29 is 23.6 Å². The van der Waals surface area contributed by atoms with Gasteiger partial charge in [-0.25, -0.2) is 0 Å². The van der Waals surface area contributed by atoms with E-state index in [1.807, 2.05) is 0 Å². The van der Waals surface area contributed by atoms with Gasteiger partial charge >= 0.3 is 5.97 Å². The molecule has 1 aromatic carbocycles. The summed E-state index contributed by atoms with van der Waals surface area (Å²) in [5.74, 6) is -0.232. The molecule has 0 aliphatic heterocycles. The van der Waals surface area contributed by atoms with Crippen LogP contribution in [0.15, 0.2) is 34.9 Å². The zero-order chi connectivity index (χ0) is 18.4. The van der Waals surface area contributed by atoms with E-state index in [2.05, 4.69) is 21.0 Å². The van der Waals surface area contributed by atoms with Crippen molar-refractivity contribution in [2.24, 2.45) is 0 Å². The maximum absolute atomic E-state index is 11.7. The third-order valence-corrected chi connectivity index (χ3v) is 3.68. The summed E-state index contributed by atoms with van der Waals surface area (Å²) >= 11 is 0. The predicted molar refractivity (Wildman–Crippen MR) is 87.6 cm³/mol. The lowest BCUT2D eigenvalue weighted by molar-refractivity contribution is -0.148. The second-order valence-corrected chi connectivity index (χ2v) is 5.85. The predicted octanol–water partition coefficient (Wildman–Crippen LogP) is 0.884. The molecular formula is C17H18N4O5. The van der Waals surface area contributed by atoms with Crippen LogP contribution in [0.5, 0.6) is 0 Å². The van der Waals surface area contributed by atoms with Crippen molar-refractivity contribution in [2.75, 3.05) is 6.61 Å².